The highest BCUT2D eigenvalue weighted by Gasteiger charge is 2.27. The van der Waals surface area contributed by atoms with E-state index in [1.807, 2.05) is 12.1 Å². The number of carbonyl (C=O) groups is 1. The molecule has 4 heteroatoms. The largest absolute Gasteiger partial charge is 0.497 e. The molecule has 0 saturated carbocycles. The molecule has 1 aromatic rings. The van der Waals surface area contributed by atoms with Gasteiger partial charge in [-0.15, -0.1) is 0 Å². The molecular weight excluding hydrogens is 266 g/mol. The van der Waals surface area contributed by atoms with Crippen molar-refractivity contribution in [2.24, 2.45) is 0 Å². The van der Waals surface area contributed by atoms with E-state index in [9.17, 15) is 4.79 Å². The molecule has 1 aliphatic rings. The van der Waals surface area contributed by atoms with Gasteiger partial charge in [0, 0.05) is 18.5 Å². The third kappa shape index (κ3) is 4.21. The van der Waals surface area contributed by atoms with Crippen LogP contribution >= 0.6 is 0 Å². The first-order chi connectivity index (χ1) is 10.1. The minimum atomic E-state index is -0.697. The molecular formula is C17H25NO3. The lowest BCUT2D eigenvalue weighted by molar-refractivity contribution is -0.137. The summed E-state index contributed by atoms with van der Waals surface area (Å²) < 4.78 is 5.20. The lowest BCUT2D eigenvalue weighted by Crippen LogP contribution is -2.41. The van der Waals surface area contributed by atoms with E-state index < -0.39 is 5.97 Å². The van der Waals surface area contributed by atoms with Gasteiger partial charge in [0.15, 0.2) is 0 Å². The SMILES string of the molecule is COc1ccc(C(C)N2CCCCC2CCC(=O)O)cc1. The molecule has 0 aromatic heterocycles. The first-order valence-corrected chi connectivity index (χ1v) is 7.73. The van der Waals surface area contributed by atoms with E-state index in [4.69, 9.17) is 9.84 Å². The fraction of sp³-hybridized carbons (Fsp3) is 0.588. The number of methoxy groups -OCH3 is 1. The molecule has 1 N–H and O–H groups in total. The maximum Gasteiger partial charge on any atom is 0.303 e. The fourth-order valence-electron chi connectivity index (χ4n) is 3.21. The van der Waals surface area contributed by atoms with Crippen LogP contribution in [0, 0.1) is 0 Å². The van der Waals surface area contributed by atoms with Gasteiger partial charge >= 0.3 is 5.97 Å². The quantitative estimate of drug-likeness (QED) is 0.872. The zero-order valence-electron chi connectivity index (χ0n) is 12.9. The van der Waals surface area contributed by atoms with Gasteiger partial charge in [-0.1, -0.05) is 18.6 Å². The highest BCUT2D eigenvalue weighted by atomic mass is 16.5. The maximum absolute atomic E-state index is 10.8. The van der Waals surface area contributed by atoms with Gasteiger partial charge in [-0.3, -0.25) is 9.69 Å². The number of ether oxygens (including phenoxy) is 1. The van der Waals surface area contributed by atoms with Crippen LogP contribution in [0.3, 0.4) is 0 Å². The minimum Gasteiger partial charge on any atom is -0.497 e. The van der Waals surface area contributed by atoms with Crippen LogP contribution in [-0.2, 0) is 4.79 Å². The van der Waals surface area contributed by atoms with Crippen LogP contribution in [0.15, 0.2) is 24.3 Å². The van der Waals surface area contributed by atoms with Crippen molar-refractivity contribution in [2.75, 3.05) is 13.7 Å². The van der Waals surface area contributed by atoms with Gasteiger partial charge in [-0.05, 0) is 50.4 Å². The van der Waals surface area contributed by atoms with Gasteiger partial charge in [0.1, 0.15) is 5.75 Å². The number of aliphatic carboxylic acids is 1. The van der Waals surface area contributed by atoms with E-state index in [-0.39, 0.29) is 6.42 Å². The number of hydrogen-bond donors (Lipinski definition) is 1. The Morgan fingerprint density at radius 3 is 2.71 bits per heavy atom. The van der Waals surface area contributed by atoms with E-state index >= 15 is 0 Å². The van der Waals surface area contributed by atoms with Crippen LogP contribution < -0.4 is 4.74 Å². The summed E-state index contributed by atoms with van der Waals surface area (Å²) in [7, 11) is 1.67. The monoisotopic (exact) mass is 291 g/mol. The fourth-order valence-corrected chi connectivity index (χ4v) is 3.21. The van der Waals surface area contributed by atoms with Crippen LogP contribution in [0.25, 0.3) is 0 Å². The predicted molar refractivity (Wildman–Crippen MR) is 82.6 cm³/mol. The third-order valence-electron chi connectivity index (χ3n) is 4.46. The van der Waals surface area contributed by atoms with Gasteiger partial charge in [0.25, 0.3) is 0 Å². The van der Waals surface area contributed by atoms with Crippen molar-refractivity contribution in [1.29, 1.82) is 0 Å². The summed E-state index contributed by atoms with van der Waals surface area (Å²) in [5.74, 6) is 0.171. The number of piperidine rings is 1. The molecule has 1 heterocycles. The zero-order valence-corrected chi connectivity index (χ0v) is 12.9. The lowest BCUT2D eigenvalue weighted by atomic mass is 9.94. The number of hydrogen-bond acceptors (Lipinski definition) is 3. The van der Waals surface area contributed by atoms with E-state index in [1.165, 1.54) is 18.4 Å². The Hall–Kier alpha value is -1.55. The Morgan fingerprint density at radius 1 is 1.38 bits per heavy atom. The maximum atomic E-state index is 10.8. The van der Waals surface area contributed by atoms with Crippen LogP contribution in [0.4, 0.5) is 0 Å². The number of nitrogens with zero attached hydrogens (tertiary/aromatic N) is 1. The second-order valence-corrected chi connectivity index (χ2v) is 5.77. The lowest BCUT2D eigenvalue weighted by Gasteiger charge is -2.40. The molecule has 1 fully saturated rings. The van der Waals surface area contributed by atoms with Crippen LogP contribution in [0.2, 0.25) is 0 Å². The topological polar surface area (TPSA) is 49.8 Å². The highest BCUT2D eigenvalue weighted by Crippen LogP contribution is 2.31. The summed E-state index contributed by atoms with van der Waals surface area (Å²) in [4.78, 5) is 13.3. The predicted octanol–water partition coefficient (Wildman–Crippen LogP) is 3.48. The Bertz CT molecular complexity index is 458. The molecule has 21 heavy (non-hydrogen) atoms. The van der Waals surface area contributed by atoms with Crippen molar-refractivity contribution in [3.8, 4) is 5.75 Å². The van der Waals surface area contributed by atoms with Gasteiger partial charge < -0.3 is 9.84 Å². The van der Waals surface area contributed by atoms with Gasteiger partial charge in [0.2, 0.25) is 0 Å². The molecule has 0 spiro atoms. The molecule has 1 aromatic carbocycles. The van der Waals surface area contributed by atoms with Crippen molar-refractivity contribution in [1.82, 2.24) is 4.90 Å². The molecule has 1 saturated heterocycles. The van der Waals surface area contributed by atoms with Crippen LogP contribution in [-0.4, -0.2) is 35.7 Å². The Labute approximate surface area is 126 Å². The normalized spacial score (nSPS) is 21.0. The number of likely N-dealkylation sites (tertiary alicyclic amines) is 1. The summed E-state index contributed by atoms with van der Waals surface area (Å²) in [6.45, 7) is 3.26. The minimum absolute atomic E-state index is 0.260. The van der Waals surface area contributed by atoms with Gasteiger partial charge in [-0.2, -0.15) is 0 Å². The molecule has 2 atom stereocenters. The molecule has 4 nitrogen and oxygen atoms in total. The summed E-state index contributed by atoms with van der Waals surface area (Å²) in [6, 6.07) is 8.88. The molecule has 0 bridgehead atoms. The number of carboxylic acids is 1. The Morgan fingerprint density at radius 2 is 2.10 bits per heavy atom. The molecule has 2 rings (SSSR count). The third-order valence-corrected chi connectivity index (χ3v) is 4.46. The average molecular weight is 291 g/mol. The van der Waals surface area contributed by atoms with Gasteiger partial charge in [0.05, 0.1) is 7.11 Å². The molecule has 116 valence electrons. The zero-order chi connectivity index (χ0) is 15.2. The summed E-state index contributed by atoms with van der Waals surface area (Å²) in [5.41, 5.74) is 1.26. The summed E-state index contributed by atoms with van der Waals surface area (Å²) in [6.07, 6.45) is 4.51. The van der Waals surface area contributed by atoms with Crippen molar-refractivity contribution in [3.05, 3.63) is 29.8 Å². The van der Waals surface area contributed by atoms with E-state index in [2.05, 4.69) is 24.0 Å². The number of carboxylic acid groups (broad SMARTS) is 1. The molecule has 1 aliphatic heterocycles. The van der Waals surface area contributed by atoms with Gasteiger partial charge in [-0.25, -0.2) is 0 Å². The van der Waals surface area contributed by atoms with Crippen LogP contribution in [0.1, 0.15) is 50.6 Å². The smallest absolute Gasteiger partial charge is 0.303 e. The van der Waals surface area contributed by atoms with Crippen LogP contribution in [0.5, 0.6) is 5.75 Å². The Balaban J connectivity index is 2.05. The average Bonchev–Trinajstić information content (AvgIpc) is 2.52. The molecule has 0 radical (unpaired) electrons. The van der Waals surface area contributed by atoms with Crippen molar-refractivity contribution >= 4 is 5.97 Å². The Kier molecular flexibility index (Phi) is 5.62. The number of rotatable bonds is 6. The van der Waals surface area contributed by atoms with E-state index in [0.717, 1.165) is 25.1 Å². The van der Waals surface area contributed by atoms with Crippen molar-refractivity contribution in [2.45, 2.75) is 51.1 Å². The highest BCUT2D eigenvalue weighted by molar-refractivity contribution is 5.66. The molecule has 2 unspecified atom stereocenters. The van der Waals surface area contributed by atoms with Crippen molar-refractivity contribution < 1.29 is 14.6 Å². The van der Waals surface area contributed by atoms with Crippen molar-refractivity contribution in [3.63, 3.8) is 0 Å². The summed E-state index contributed by atoms with van der Waals surface area (Å²) in [5, 5.41) is 8.91. The standard InChI is InChI=1S/C17H25NO3/c1-13(14-6-9-16(21-2)10-7-14)18-12-4-3-5-15(18)8-11-17(19)20/h6-7,9-10,13,15H,3-5,8,11-12H2,1-2H3,(H,19,20). The first-order valence-electron chi connectivity index (χ1n) is 7.73. The van der Waals surface area contributed by atoms with E-state index in [1.54, 1.807) is 7.11 Å². The molecule has 0 aliphatic carbocycles. The first kappa shape index (κ1) is 15.8. The van der Waals surface area contributed by atoms with E-state index in [0.29, 0.717) is 12.1 Å². The molecule has 0 amide bonds. The second kappa shape index (κ2) is 7.46. The summed E-state index contributed by atoms with van der Waals surface area (Å²) >= 11 is 0. The number of benzene rings is 1. The second-order valence-electron chi connectivity index (χ2n) is 5.77.